The Kier molecular flexibility index (Phi) is 16.4. The lowest BCUT2D eigenvalue weighted by Crippen LogP contribution is -2.48. The van der Waals surface area contributed by atoms with Gasteiger partial charge >= 0.3 is 0 Å². The van der Waals surface area contributed by atoms with Crippen LogP contribution in [0.1, 0.15) is 157 Å². The van der Waals surface area contributed by atoms with Crippen molar-refractivity contribution in [2.24, 2.45) is 23.7 Å². The lowest BCUT2D eigenvalue weighted by molar-refractivity contribution is -0.135. The van der Waals surface area contributed by atoms with Crippen LogP contribution in [0, 0.1) is 35.5 Å². The second-order valence-corrected chi connectivity index (χ2v) is 24.7. The van der Waals surface area contributed by atoms with E-state index < -0.39 is 65.8 Å². The molecule has 10 N–H and O–H groups in total. The minimum atomic E-state index is -1.48. The van der Waals surface area contributed by atoms with Gasteiger partial charge in [-0.25, -0.2) is 0 Å². The fourth-order valence-electron chi connectivity index (χ4n) is 14.5. The maximum Gasteiger partial charge on any atom is 0.163 e. The van der Waals surface area contributed by atoms with Gasteiger partial charge in [0.05, 0.1) is 29.6 Å². The summed E-state index contributed by atoms with van der Waals surface area (Å²) < 4.78 is 6.55. The minimum absolute atomic E-state index is 0.0703. The third-order valence-corrected chi connectivity index (χ3v) is 19.2. The number of aryl methyl sites for hydroxylation is 3. The van der Waals surface area contributed by atoms with Crippen molar-refractivity contribution >= 4 is 29.5 Å². The number of piperidine rings is 1. The molecule has 0 spiro atoms. The van der Waals surface area contributed by atoms with Crippen molar-refractivity contribution in [3.8, 4) is 29.1 Å². The second kappa shape index (κ2) is 24.2. The maximum absolute atomic E-state index is 16.4. The summed E-state index contributed by atoms with van der Waals surface area (Å²) in [5.41, 5.74) is 7.35. The fourth-order valence-corrected chi connectivity index (χ4v) is 14.5. The Balaban J connectivity index is 1.07. The smallest absolute Gasteiger partial charge is 0.163 e. The number of Topliss-reactive ketones (excluding diaryl/α,β-unsaturated/α-hetero) is 2. The highest BCUT2D eigenvalue weighted by Crippen LogP contribution is 2.49. The average Bonchev–Trinajstić information content (AvgIpc) is 4.02. The number of anilines is 1. The summed E-state index contributed by atoms with van der Waals surface area (Å²) in [6, 6.07) is 27.9. The summed E-state index contributed by atoms with van der Waals surface area (Å²) >= 11 is 0. The van der Waals surface area contributed by atoms with E-state index in [1.807, 2.05) is 73.1 Å². The molecular weight excluding hydrogens is 1040 g/mol. The number of ketones is 2. The first-order chi connectivity index (χ1) is 40.3. The highest BCUT2D eigenvalue weighted by Gasteiger charge is 2.47. The molecule has 83 heavy (non-hydrogen) atoms. The van der Waals surface area contributed by atoms with Crippen molar-refractivity contribution in [1.82, 2.24) is 15.3 Å². The van der Waals surface area contributed by atoms with Crippen LogP contribution >= 0.6 is 0 Å². The average molecular weight is 1120 g/mol. The van der Waals surface area contributed by atoms with Gasteiger partial charge in [0.2, 0.25) is 0 Å². The summed E-state index contributed by atoms with van der Waals surface area (Å²) in [6.45, 7) is 2.53. The molecule has 13 heteroatoms. The number of aromatic nitrogens is 2. The number of aliphatic hydroxyl groups is 4. The number of hydrogen-bond donors (Lipinski definition) is 10. The van der Waals surface area contributed by atoms with Gasteiger partial charge in [-0.1, -0.05) is 91.6 Å². The Hall–Kier alpha value is -7.18. The van der Waals surface area contributed by atoms with E-state index >= 15 is 9.59 Å². The third kappa shape index (κ3) is 11.7. The van der Waals surface area contributed by atoms with Crippen molar-refractivity contribution in [3.05, 3.63) is 176 Å². The van der Waals surface area contributed by atoms with E-state index in [0.717, 1.165) is 84.1 Å². The topological polar surface area (TPSA) is 220 Å². The predicted octanol–water partition coefficient (Wildman–Crippen LogP) is 10.3. The molecular formula is C70H78N4O9. The van der Waals surface area contributed by atoms with Crippen molar-refractivity contribution in [2.75, 3.05) is 18.5 Å². The zero-order valence-electron chi connectivity index (χ0n) is 47.3. The van der Waals surface area contributed by atoms with Crippen LogP contribution in [0.4, 0.5) is 5.82 Å². The molecule has 1 saturated heterocycles. The van der Waals surface area contributed by atoms with E-state index in [2.05, 4.69) is 51.5 Å². The first kappa shape index (κ1) is 56.3. The van der Waals surface area contributed by atoms with Crippen LogP contribution in [-0.2, 0) is 35.3 Å². The largest absolute Gasteiger partial charge is 0.507 e. The molecule has 3 aliphatic carbocycles. The van der Waals surface area contributed by atoms with Crippen molar-refractivity contribution in [3.63, 3.8) is 0 Å². The molecule has 6 aliphatic rings. The number of ether oxygens (including phenoxy) is 1. The number of phenolic OH excluding ortho intramolecular Hbond substituents is 2. The van der Waals surface area contributed by atoms with Gasteiger partial charge in [-0.3, -0.25) is 9.59 Å². The number of hydrogen-bond acceptors (Lipinski definition) is 11. The highest BCUT2D eigenvalue weighted by molar-refractivity contribution is 6.05. The molecule has 12 rings (SSSR count). The predicted molar refractivity (Wildman–Crippen MR) is 321 cm³/mol. The summed E-state index contributed by atoms with van der Waals surface area (Å²) in [4.78, 5) is 38.5. The van der Waals surface area contributed by atoms with Crippen LogP contribution in [0.2, 0.25) is 0 Å². The van der Waals surface area contributed by atoms with E-state index in [0.29, 0.717) is 66.1 Å². The molecule has 432 valence electrons. The van der Waals surface area contributed by atoms with Crippen LogP contribution in [0.5, 0.6) is 17.2 Å². The Morgan fingerprint density at radius 3 is 2.42 bits per heavy atom. The van der Waals surface area contributed by atoms with Crippen molar-refractivity contribution in [1.29, 1.82) is 0 Å². The van der Waals surface area contributed by atoms with Gasteiger partial charge in [0.25, 0.3) is 0 Å². The van der Waals surface area contributed by atoms with Gasteiger partial charge in [-0.2, -0.15) is 0 Å². The van der Waals surface area contributed by atoms with E-state index in [-0.39, 0.29) is 66.4 Å². The third-order valence-electron chi connectivity index (χ3n) is 19.2. The number of aromatic hydroxyl groups is 2. The molecule has 6 aromatic rings. The Morgan fingerprint density at radius 1 is 0.783 bits per heavy atom. The van der Waals surface area contributed by atoms with Crippen LogP contribution in [-0.4, -0.2) is 95.2 Å². The number of aliphatic hydroxyl groups excluding tert-OH is 3. The Labute approximate surface area is 486 Å². The van der Waals surface area contributed by atoms with E-state index in [9.17, 15) is 30.6 Å². The standard InChI is InChI=1S/C70H78N4O9/c1-41-14-21-58(73-40-41)53-20-22-59-55-38-60-51(27-32-71-60)57(39-70(82)29-24-44-10-7-13-61(76)50(44)25-30-70)64(55)68(81)54(28-33-75)62(77)23-16-43-34-56(67(80)63(35-43)83-48-11-5-6-12-48)65(78)45-17-19-49(47(36-45)37-46-26-31-72-69(46)74-59)52(66(53)79)18-15-42-8-3-2-4-9-42/h2-4,7-10,13,17,19,25-27,30-32,34-36,38,41,48,52-54,57-59,64-66,71-76,78-80,82H,5-6,11-12,14-16,18,21,23-24,28-29,33,37,39-40H2,1H3. The first-order valence-corrected chi connectivity index (χ1v) is 30.3. The normalized spacial score (nSPS) is 28.2. The maximum atomic E-state index is 16.4. The van der Waals surface area contributed by atoms with E-state index in [4.69, 9.17) is 4.74 Å². The fraction of sp³-hybridized carbons (Fsp3) is 0.429. The number of benzene rings is 4. The zero-order valence-corrected chi connectivity index (χ0v) is 47.3. The molecule has 2 fully saturated rings. The SMILES string of the molecule is CC1CCC(C2C#CC3Nc4[nH]ccc4Cc4cc(ccc4C(CCc4ccccc4)C2O)C(O)c2cc(cc(OC4CCCC4)c2O)CCC(=O)C(CCO)C(=O)C2C3=Cc3[nH]ccc3C2CC2(O)C=Cc3c(O)cccc3CC2)NC1. The van der Waals surface area contributed by atoms with Crippen LogP contribution in [0.3, 0.4) is 0 Å². The number of phenols is 2. The van der Waals surface area contributed by atoms with Crippen LogP contribution < -0.4 is 15.4 Å². The number of nitrogens with one attached hydrogen (secondary N) is 4. The zero-order chi connectivity index (χ0) is 57.4. The molecule has 5 heterocycles. The van der Waals surface area contributed by atoms with Crippen LogP contribution in [0.15, 0.2) is 115 Å². The molecule has 5 bridgehead atoms. The number of rotatable bonds is 10. The monoisotopic (exact) mass is 1120 g/mol. The molecule has 2 aromatic heterocycles. The van der Waals surface area contributed by atoms with Crippen molar-refractivity contribution in [2.45, 2.75) is 151 Å². The molecule has 11 atom stereocenters. The van der Waals surface area contributed by atoms with Gasteiger partial charge in [0.15, 0.2) is 17.3 Å². The number of fused-ring (bicyclic) bond motifs is 8. The van der Waals surface area contributed by atoms with Crippen molar-refractivity contribution < 1.29 is 45.0 Å². The minimum Gasteiger partial charge on any atom is -0.507 e. The van der Waals surface area contributed by atoms with Crippen LogP contribution in [0.25, 0.3) is 12.2 Å². The first-order valence-electron chi connectivity index (χ1n) is 30.3. The van der Waals surface area contributed by atoms with Gasteiger partial charge < -0.3 is 56.0 Å². The Bertz CT molecular complexity index is 3460. The number of carbonyl (C=O) groups is 2. The van der Waals surface area contributed by atoms with Gasteiger partial charge in [-0.05, 0) is 182 Å². The molecule has 13 nitrogen and oxygen atoms in total. The van der Waals surface area contributed by atoms with Gasteiger partial charge in [-0.15, -0.1) is 0 Å². The number of aromatic amines is 2. The summed E-state index contributed by atoms with van der Waals surface area (Å²) in [7, 11) is 0. The van der Waals surface area contributed by atoms with E-state index in [1.54, 1.807) is 36.4 Å². The Morgan fingerprint density at radius 2 is 1.61 bits per heavy atom. The molecule has 4 aromatic carbocycles. The number of carbonyl (C=O) groups excluding carboxylic acids is 2. The molecule has 0 radical (unpaired) electrons. The summed E-state index contributed by atoms with van der Waals surface area (Å²) in [6.07, 6.45) is 14.4. The lowest BCUT2D eigenvalue weighted by atomic mass is 9.65. The van der Waals surface area contributed by atoms with Gasteiger partial charge in [0, 0.05) is 72.5 Å². The lowest BCUT2D eigenvalue weighted by Gasteiger charge is -2.40. The van der Waals surface area contributed by atoms with Gasteiger partial charge in [0.1, 0.15) is 29.5 Å². The quantitative estimate of drug-likeness (QED) is 0.0459. The number of H-pyrrole nitrogens is 2. The molecule has 3 aliphatic heterocycles. The summed E-state index contributed by atoms with van der Waals surface area (Å²) in [5.74, 6) is 3.76. The van der Waals surface area contributed by atoms with E-state index in [1.165, 1.54) is 0 Å². The molecule has 0 amide bonds. The molecule has 11 unspecified atom stereocenters. The second-order valence-electron chi connectivity index (χ2n) is 24.7. The molecule has 1 saturated carbocycles. The summed E-state index contributed by atoms with van der Waals surface area (Å²) in [5, 5.41) is 80.9. The highest BCUT2D eigenvalue weighted by atomic mass is 16.5.